The van der Waals surface area contributed by atoms with Gasteiger partial charge in [0.2, 0.25) is 0 Å². The lowest BCUT2D eigenvalue weighted by Gasteiger charge is -2.31. The zero-order chi connectivity index (χ0) is 13.8. The quantitative estimate of drug-likeness (QED) is 0.647. The highest BCUT2D eigenvalue weighted by Gasteiger charge is 2.23. The van der Waals surface area contributed by atoms with Crippen molar-refractivity contribution in [3.63, 3.8) is 0 Å². The molecule has 0 amide bonds. The van der Waals surface area contributed by atoms with Crippen molar-refractivity contribution < 1.29 is 15.3 Å². The number of phenols is 2. The molecule has 1 rings (SSSR count). The number of rotatable bonds is 5. The molecule has 0 bridgehead atoms. The van der Waals surface area contributed by atoms with Crippen LogP contribution in [0.15, 0.2) is 18.2 Å². The first-order valence-corrected chi connectivity index (χ1v) is 6.19. The first kappa shape index (κ1) is 14.8. The Morgan fingerprint density at radius 1 is 1.22 bits per heavy atom. The highest BCUT2D eigenvalue weighted by molar-refractivity contribution is 5.38. The van der Waals surface area contributed by atoms with Crippen LogP contribution in [0.1, 0.15) is 32.8 Å². The maximum Gasteiger partial charge on any atom is 0.123 e. The normalized spacial score (nSPS) is 13.6. The summed E-state index contributed by atoms with van der Waals surface area (Å²) in [4.78, 5) is 0. The number of aliphatic hydroxyl groups excluding tert-OH is 1. The molecule has 0 aliphatic heterocycles. The first-order valence-electron chi connectivity index (χ1n) is 6.19. The van der Waals surface area contributed by atoms with Crippen LogP contribution in [0.25, 0.3) is 0 Å². The van der Waals surface area contributed by atoms with Crippen LogP contribution in [0.2, 0.25) is 0 Å². The van der Waals surface area contributed by atoms with E-state index in [1.165, 1.54) is 6.07 Å². The zero-order valence-corrected chi connectivity index (χ0v) is 11.3. The summed E-state index contributed by atoms with van der Waals surface area (Å²) in [6, 6.07) is 4.73. The molecule has 0 heterocycles. The molecule has 1 atom stereocenters. The molecule has 0 saturated carbocycles. The average molecular weight is 253 g/mol. The fourth-order valence-corrected chi connectivity index (χ4v) is 1.91. The second kappa shape index (κ2) is 6.07. The molecule has 4 heteroatoms. The average Bonchev–Trinajstić information content (AvgIpc) is 2.24. The summed E-state index contributed by atoms with van der Waals surface area (Å²) in [7, 11) is 0. The van der Waals surface area contributed by atoms with Crippen molar-refractivity contribution in [3.05, 3.63) is 23.8 Å². The molecule has 0 fully saturated rings. The number of nitrogens with one attached hydrogen (secondary N) is 1. The largest absolute Gasteiger partial charge is 0.508 e. The Labute approximate surface area is 108 Å². The van der Waals surface area contributed by atoms with Crippen LogP contribution in [0, 0.1) is 5.41 Å². The monoisotopic (exact) mass is 253 g/mol. The van der Waals surface area contributed by atoms with Gasteiger partial charge in [0.1, 0.15) is 11.5 Å². The Balaban J connectivity index is 2.67. The Morgan fingerprint density at radius 3 is 2.39 bits per heavy atom. The van der Waals surface area contributed by atoms with Crippen LogP contribution in [-0.2, 0) is 6.54 Å². The topological polar surface area (TPSA) is 72.7 Å². The van der Waals surface area contributed by atoms with Gasteiger partial charge in [-0.05, 0) is 17.9 Å². The van der Waals surface area contributed by atoms with Gasteiger partial charge < -0.3 is 20.6 Å². The maximum absolute atomic E-state index is 9.69. The number of phenolic OH excluding ortho intramolecular Hbond substituents is 2. The van der Waals surface area contributed by atoms with Gasteiger partial charge in [0.15, 0.2) is 0 Å². The predicted molar refractivity (Wildman–Crippen MR) is 71.6 cm³/mol. The summed E-state index contributed by atoms with van der Waals surface area (Å²) in [5.41, 5.74) is 0.773. The van der Waals surface area contributed by atoms with Gasteiger partial charge >= 0.3 is 0 Å². The number of hydrogen-bond donors (Lipinski definition) is 4. The molecule has 4 N–H and O–H groups in total. The molecule has 0 spiro atoms. The third kappa shape index (κ3) is 4.20. The summed E-state index contributed by atoms with van der Waals surface area (Å²) in [5.74, 6) is 0.137. The van der Waals surface area contributed by atoms with Crippen LogP contribution < -0.4 is 5.32 Å². The van der Waals surface area contributed by atoms with Gasteiger partial charge in [0.25, 0.3) is 0 Å². The summed E-state index contributed by atoms with van der Waals surface area (Å²) >= 11 is 0. The molecule has 0 saturated heterocycles. The molecular weight excluding hydrogens is 230 g/mol. The molecule has 18 heavy (non-hydrogen) atoms. The van der Waals surface area contributed by atoms with Gasteiger partial charge in [-0.15, -0.1) is 0 Å². The Morgan fingerprint density at radius 2 is 1.89 bits per heavy atom. The van der Waals surface area contributed by atoms with E-state index in [1.807, 2.05) is 0 Å². The fraction of sp³-hybridized carbons (Fsp3) is 0.571. The van der Waals surface area contributed by atoms with Gasteiger partial charge in [-0.1, -0.05) is 26.8 Å². The SMILES string of the molecule is CC(C)(C)C(CCO)NCc1ccc(O)cc1O. The molecule has 0 aliphatic rings. The van der Waals surface area contributed by atoms with Crippen LogP contribution in [0.5, 0.6) is 11.5 Å². The standard InChI is InChI=1S/C14H23NO3/c1-14(2,3)13(6-7-16)15-9-10-4-5-11(17)8-12(10)18/h4-5,8,13,15-18H,6-7,9H2,1-3H3. The van der Waals surface area contributed by atoms with Gasteiger partial charge in [-0.3, -0.25) is 0 Å². The van der Waals surface area contributed by atoms with E-state index in [2.05, 4.69) is 26.1 Å². The smallest absolute Gasteiger partial charge is 0.123 e. The van der Waals surface area contributed by atoms with Crippen molar-refractivity contribution in [1.82, 2.24) is 5.32 Å². The molecule has 0 aromatic heterocycles. The number of benzene rings is 1. The van der Waals surface area contributed by atoms with Crippen LogP contribution in [0.3, 0.4) is 0 Å². The third-order valence-electron chi connectivity index (χ3n) is 3.07. The summed E-state index contributed by atoms with van der Waals surface area (Å²) in [6.07, 6.45) is 0.669. The third-order valence-corrected chi connectivity index (χ3v) is 3.07. The minimum atomic E-state index is 0.0370. The molecule has 0 radical (unpaired) electrons. The molecular formula is C14H23NO3. The lowest BCUT2D eigenvalue weighted by Crippen LogP contribution is -2.40. The van der Waals surface area contributed by atoms with Crippen LogP contribution >= 0.6 is 0 Å². The highest BCUT2D eigenvalue weighted by atomic mass is 16.3. The van der Waals surface area contributed by atoms with E-state index in [0.717, 1.165) is 5.56 Å². The number of aromatic hydroxyl groups is 2. The van der Waals surface area contributed by atoms with E-state index in [4.69, 9.17) is 5.11 Å². The lowest BCUT2D eigenvalue weighted by atomic mass is 9.85. The maximum atomic E-state index is 9.69. The minimum Gasteiger partial charge on any atom is -0.508 e. The first-order chi connectivity index (χ1) is 8.34. The number of hydrogen-bond acceptors (Lipinski definition) is 4. The summed E-state index contributed by atoms with van der Waals surface area (Å²) < 4.78 is 0. The Kier molecular flexibility index (Phi) is 4.99. The summed E-state index contributed by atoms with van der Waals surface area (Å²) in [5, 5.41) is 31.3. The van der Waals surface area contributed by atoms with Gasteiger partial charge in [0, 0.05) is 30.8 Å². The summed E-state index contributed by atoms with van der Waals surface area (Å²) in [6.45, 7) is 6.97. The van der Waals surface area contributed by atoms with E-state index in [0.29, 0.717) is 13.0 Å². The van der Waals surface area contributed by atoms with E-state index >= 15 is 0 Å². The predicted octanol–water partition coefficient (Wildman–Crippen LogP) is 1.98. The van der Waals surface area contributed by atoms with Crippen molar-refractivity contribution in [2.24, 2.45) is 5.41 Å². The molecule has 1 aromatic rings. The Bertz CT molecular complexity index is 385. The van der Waals surface area contributed by atoms with E-state index in [9.17, 15) is 10.2 Å². The van der Waals surface area contributed by atoms with Crippen molar-refractivity contribution in [2.75, 3.05) is 6.61 Å². The van der Waals surface area contributed by atoms with E-state index in [-0.39, 0.29) is 29.6 Å². The van der Waals surface area contributed by atoms with Gasteiger partial charge in [-0.25, -0.2) is 0 Å². The van der Waals surface area contributed by atoms with Gasteiger partial charge in [0.05, 0.1) is 0 Å². The number of aliphatic hydroxyl groups is 1. The van der Waals surface area contributed by atoms with Crippen molar-refractivity contribution in [2.45, 2.75) is 39.8 Å². The second-order valence-corrected chi connectivity index (χ2v) is 5.62. The molecule has 1 aromatic carbocycles. The second-order valence-electron chi connectivity index (χ2n) is 5.62. The lowest BCUT2D eigenvalue weighted by molar-refractivity contribution is 0.196. The van der Waals surface area contributed by atoms with Crippen LogP contribution in [-0.4, -0.2) is 28.0 Å². The molecule has 4 nitrogen and oxygen atoms in total. The van der Waals surface area contributed by atoms with E-state index < -0.39 is 0 Å². The molecule has 1 unspecified atom stereocenters. The van der Waals surface area contributed by atoms with Crippen molar-refractivity contribution >= 4 is 0 Å². The molecule has 102 valence electrons. The minimum absolute atomic E-state index is 0.0370. The van der Waals surface area contributed by atoms with E-state index in [1.54, 1.807) is 12.1 Å². The Hall–Kier alpha value is -1.26. The zero-order valence-electron chi connectivity index (χ0n) is 11.3. The van der Waals surface area contributed by atoms with Gasteiger partial charge in [-0.2, -0.15) is 0 Å². The van der Waals surface area contributed by atoms with Crippen LogP contribution in [0.4, 0.5) is 0 Å². The van der Waals surface area contributed by atoms with Crippen molar-refractivity contribution in [3.8, 4) is 11.5 Å². The fourth-order valence-electron chi connectivity index (χ4n) is 1.91. The molecule has 0 aliphatic carbocycles. The highest BCUT2D eigenvalue weighted by Crippen LogP contribution is 2.25. The van der Waals surface area contributed by atoms with Crippen molar-refractivity contribution in [1.29, 1.82) is 0 Å².